The second-order valence-electron chi connectivity index (χ2n) is 8.00. The van der Waals surface area contributed by atoms with Crippen molar-refractivity contribution in [1.82, 2.24) is 9.88 Å². The van der Waals surface area contributed by atoms with Gasteiger partial charge in [0.05, 0.1) is 11.0 Å². The molecule has 0 spiro atoms. The van der Waals surface area contributed by atoms with Gasteiger partial charge in [0.1, 0.15) is 0 Å². The molecule has 3 heteroatoms. The number of rotatable bonds is 9. The van der Waals surface area contributed by atoms with Crippen molar-refractivity contribution in [2.75, 3.05) is 0 Å². The first-order valence-electron chi connectivity index (χ1n) is 11.4. The number of para-hydroxylation sites is 1. The van der Waals surface area contributed by atoms with E-state index in [0.717, 1.165) is 27.8 Å². The van der Waals surface area contributed by atoms with E-state index in [1.54, 1.807) is 6.08 Å². The van der Waals surface area contributed by atoms with Crippen LogP contribution in [0.3, 0.4) is 0 Å². The van der Waals surface area contributed by atoms with Crippen LogP contribution < -0.4 is 11.1 Å². The average Bonchev–Trinajstić information content (AvgIpc) is 3.15. The Balaban J connectivity index is 2.03. The molecule has 1 aromatic heterocycles. The van der Waals surface area contributed by atoms with Crippen molar-refractivity contribution in [1.29, 1.82) is 0 Å². The Morgan fingerprint density at radius 2 is 1.79 bits per heavy atom. The van der Waals surface area contributed by atoms with Gasteiger partial charge < -0.3 is 9.88 Å². The zero-order valence-corrected chi connectivity index (χ0v) is 20.3. The predicted octanol–water partition coefficient (Wildman–Crippen LogP) is 7.52. The molecule has 34 heavy (non-hydrogen) atoms. The summed E-state index contributed by atoms with van der Waals surface area (Å²) >= 11 is 0. The molecule has 1 heterocycles. The quantitative estimate of drug-likeness (QED) is 0.202. The van der Waals surface area contributed by atoms with Crippen LogP contribution in [0, 0.1) is 6.92 Å². The smallest absolute Gasteiger partial charge is 0.157 e. The number of hydrogen-bond acceptors (Lipinski definition) is 2. The summed E-state index contributed by atoms with van der Waals surface area (Å²) in [5.74, 6) is 0. The van der Waals surface area contributed by atoms with Crippen molar-refractivity contribution in [3.63, 3.8) is 0 Å². The van der Waals surface area contributed by atoms with Gasteiger partial charge in [-0.3, -0.25) is 5.73 Å². The third-order valence-electron chi connectivity index (χ3n) is 5.60. The zero-order valence-electron chi connectivity index (χ0n) is 20.3. The molecule has 0 amide bonds. The SMILES string of the molecule is C=C/C=C\C(=C=CC)C(=C)/C(=C/C=C\C)C(=C)NC(N)n1c2ccccc2c2cc(C)ccc21. The molecule has 3 rings (SSSR count). The van der Waals surface area contributed by atoms with Crippen molar-refractivity contribution in [2.45, 2.75) is 27.1 Å². The van der Waals surface area contributed by atoms with E-state index in [0.29, 0.717) is 5.70 Å². The number of benzene rings is 2. The Kier molecular flexibility index (Phi) is 8.10. The number of nitrogens with zero attached hydrogens (tertiary/aromatic N) is 1. The van der Waals surface area contributed by atoms with E-state index in [1.807, 2.05) is 56.4 Å². The van der Waals surface area contributed by atoms with E-state index in [1.165, 1.54) is 16.3 Å². The maximum absolute atomic E-state index is 6.75. The summed E-state index contributed by atoms with van der Waals surface area (Å²) in [6.45, 7) is 18.4. The number of fused-ring (bicyclic) bond motifs is 3. The van der Waals surface area contributed by atoms with Crippen LogP contribution in [0.1, 0.15) is 25.7 Å². The van der Waals surface area contributed by atoms with Crippen molar-refractivity contribution in [2.24, 2.45) is 5.73 Å². The highest BCUT2D eigenvalue weighted by molar-refractivity contribution is 6.08. The number of allylic oxidation sites excluding steroid dienone is 8. The topological polar surface area (TPSA) is 43.0 Å². The van der Waals surface area contributed by atoms with Gasteiger partial charge in [0, 0.05) is 27.6 Å². The van der Waals surface area contributed by atoms with Crippen molar-refractivity contribution in [3.8, 4) is 0 Å². The van der Waals surface area contributed by atoms with Gasteiger partial charge in [-0.2, -0.15) is 0 Å². The highest BCUT2D eigenvalue weighted by atomic mass is 15.3. The zero-order chi connectivity index (χ0) is 24.7. The Bertz CT molecular complexity index is 1400. The number of nitrogens with two attached hydrogens (primary N) is 1. The fourth-order valence-corrected chi connectivity index (χ4v) is 4.01. The van der Waals surface area contributed by atoms with Gasteiger partial charge in [0.2, 0.25) is 0 Å². The molecule has 2 aromatic carbocycles. The van der Waals surface area contributed by atoms with Crippen LogP contribution >= 0.6 is 0 Å². The van der Waals surface area contributed by atoms with E-state index in [4.69, 9.17) is 5.73 Å². The third kappa shape index (κ3) is 5.13. The second-order valence-corrected chi connectivity index (χ2v) is 8.00. The van der Waals surface area contributed by atoms with E-state index >= 15 is 0 Å². The average molecular weight is 448 g/mol. The maximum Gasteiger partial charge on any atom is 0.157 e. The summed E-state index contributed by atoms with van der Waals surface area (Å²) in [4.78, 5) is 0. The number of aromatic nitrogens is 1. The van der Waals surface area contributed by atoms with Gasteiger partial charge in [-0.05, 0) is 56.7 Å². The summed E-state index contributed by atoms with van der Waals surface area (Å²) in [7, 11) is 0. The summed E-state index contributed by atoms with van der Waals surface area (Å²) in [5.41, 5.74) is 16.5. The van der Waals surface area contributed by atoms with Crippen molar-refractivity contribution in [3.05, 3.63) is 138 Å². The molecule has 0 bridgehead atoms. The molecule has 0 aliphatic heterocycles. The van der Waals surface area contributed by atoms with Gasteiger partial charge in [-0.25, -0.2) is 0 Å². The fraction of sp³-hybridized carbons (Fsp3) is 0.129. The van der Waals surface area contributed by atoms with Gasteiger partial charge in [0.15, 0.2) is 6.29 Å². The molecule has 0 saturated heterocycles. The molecule has 0 fully saturated rings. The molecule has 0 aliphatic rings. The maximum atomic E-state index is 6.75. The van der Waals surface area contributed by atoms with E-state index in [2.05, 4.69) is 78.7 Å². The van der Waals surface area contributed by atoms with E-state index < -0.39 is 6.29 Å². The first-order valence-corrected chi connectivity index (χ1v) is 11.4. The molecule has 172 valence electrons. The third-order valence-corrected chi connectivity index (χ3v) is 5.60. The minimum absolute atomic E-state index is 0.530. The lowest BCUT2D eigenvalue weighted by Gasteiger charge is -2.23. The summed E-state index contributed by atoms with van der Waals surface area (Å²) in [6, 6.07) is 14.8. The normalized spacial score (nSPS) is 12.8. The Morgan fingerprint density at radius 1 is 1.06 bits per heavy atom. The minimum atomic E-state index is -0.530. The number of hydrogen-bond donors (Lipinski definition) is 2. The molecule has 3 aromatic rings. The first-order chi connectivity index (χ1) is 16.4. The van der Waals surface area contributed by atoms with Crippen molar-refractivity contribution < 1.29 is 0 Å². The van der Waals surface area contributed by atoms with Crippen LogP contribution in [0.4, 0.5) is 0 Å². The van der Waals surface area contributed by atoms with Crippen LogP contribution in [-0.4, -0.2) is 4.57 Å². The molecule has 0 aliphatic carbocycles. The lowest BCUT2D eigenvalue weighted by molar-refractivity contribution is 0.487. The lowest BCUT2D eigenvalue weighted by atomic mass is 9.96. The molecule has 0 radical (unpaired) electrons. The monoisotopic (exact) mass is 447 g/mol. The Labute approximate surface area is 203 Å². The van der Waals surface area contributed by atoms with Crippen LogP contribution in [0.5, 0.6) is 0 Å². The van der Waals surface area contributed by atoms with Crippen LogP contribution in [0.15, 0.2) is 133 Å². The summed E-state index contributed by atoms with van der Waals surface area (Å²) in [6.07, 6.45) is 12.8. The molecular formula is C31H33N3. The van der Waals surface area contributed by atoms with Gasteiger partial charge in [-0.15, -0.1) is 5.73 Å². The Morgan fingerprint density at radius 3 is 2.50 bits per heavy atom. The molecule has 0 saturated carbocycles. The van der Waals surface area contributed by atoms with E-state index in [-0.39, 0.29) is 0 Å². The van der Waals surface area contributed by atoms with Gasteiger partial charge in [-0.1, -0.05) is 79.9 Å². The first kappa shape index (κ1) is 24.6. The Hall–Kier alpha value is -4.04. The number of aryl methyl sites for hydroxylation is 1. The van der Waals surface area contributed by atoms with Gasteiger partial charge >= 0.3 is 0 Å². The molecule has 1 unspecified atom stereocenters. The largest absolute Gasteiger partial charge is 0.353 e. The molecule has 3 N–H and O–H groups in total. The van der Waals surface area contributed by atoms with Gasteiger partial charge in [0.25, 0.3) is 0 Å². The van der Waals surface area contributed by atoms with Crippen molar-refractivity contribution >= 4 is 21.8 Å². The number of nitrogens with one attached hydrogen (secondary N) is 1. The highest BCUT2D eigenvalue weighted by Crippen LogP contribution is 2.32. The van der Waals surface area contributed by atoms with Crippen LogP contribution in [0.25, 0.3) is 21.8 Å². The second kappa shape index (κ2) is 11.2. The fourth-order valence-electron chi connectivity index (χ4n) is 4.01. The predicted molar refractivity (Wildman–Crippen MR) is 148 cm³/mol. The van der Waals surface area contributed by atoms with Crippen LogP contribution in [0.2, 0.25) is 0 Å². The highest BCUT2D eigenvalue weighted by Gasteiger charge is 2.18. The molecular weight excluding hydrogens is 414 g/mol. The minimum Gasteiger partial charge on any atom is -0.353 e. The molecule has 1 atom stereocenters. The standard InChI is InChI=1S/C31H33N3/c1-7-10-15-25(14-9-3)23(5)26(16-11-8-2)24(6)33-31(32)34-29-18-13-12-17-27(29)28-21-22(4)19-20-30(28)34/h7-13,15-21,31,33H,1,5-6,32H2,2-4H3/b11-8-,15-10-,26-16-. The van der Waals surface area contributed by atoms with E-state index in [9.17, 15) is 0 Å². The molecule has 3 nitrogen and oxygen atoms in total. The summed E-state index contributed by atoms with van der Waals surface area (Å²) in [5, 5.41) is 5.77. The van der Waals surface area contributed by atoms with Crippen LogP contribution in [-0.2, 0) is 0 Å². The summed E-state index contributed by atoms with van der Waals surface area (Å²) < 4.78 is 2.12. The lowest BCUT2D eigenvalue weighted by Crippen LogP contribution is -2.33.